The maximum Gasteiger partial charge on any atom is 0.246 e. The highest BCUT2D eigenvalue weighted by atomic mass is 16.2. The van der Waals surface area contributed by atoms with Crippen molar-refractivity contribution in [3.63, 3.8) is 0 Å². The first-order chi connectivity index (χ1) is 13.6. The highest BCUT2D eigenvalue weighted by Crippen LogP contribution is 2.56. The number of amides is 3. The van der Waals surface area contributed by atoms with Gasteiger partial charge >= 0.3 is 0 Å². The van der Waals surface area contributed by atoms with Crippen LogP contribution in [0.15, 0.2) is 30.3 Å². The van der Waals surface area contributed by atoms with E-state index in [-0.39, 0.29) is 29.6 Å². The van der Waals surface area contributed by atoms with E-state index in [1.165, 1.54) is 4.90 Å². The fourth-order valence-corrected chi connectivity index (χ4v) is 6.19. The molecule has 2 aliphatic heterocycles. The monoisotopic (exact) mass is 380 g/mol. The summed E-state index contributed by atoms with van der Waals surface area (Å²) in [6, 6.07) is 9.10. The molecule has 1 aromatic rings. The second kappa shape index (κ2) is 7.02. The Balaban J connectivity index is 1.46. The van der Waals surface area contributed by atoms with Crippen LogP contribution < -0.4 is 0 Å². The van der Waals surface area contributed by atoms with Crippen LogP contribution in [0, 0.1) is 23.7 Å². The third kappa shape index (κ3) is 2.78. The van der Waals surface area contributed by atoms with Crippen LogP contribution in [0.1, 0.15) is 44.1 Å². The summed E-state index contributed by atoms with van der Waals surface area (Å²) in [5.41, 5.74) is 0.999. The second-order valence-corrected chi connectivity index (χ2v) is 9.02. The summed E-state index contributed by atoms with van der Waals surface area (Å²) in [4.78, 5) is 43.4. The number of piperidine rings is 1. The molecule has 2 bridgehead atoms. The van der Waals surface area contributed by atoms with Crippen molar-refractivity contribution >= 4 is 17.7 Å². The summed E-state index contributed by atoms with van der Waals surface area (Å²) in [6.07, 6.45) is 6.70. The Hall–Kier alpha value is -2.17. The first kappa shape index (κ1) is 17.9. The highest BCUT2D eigenvalue weighted by Gasteiger charge is 2.62. The molecule has 0 radical (unpaired) electrons. The number of nitrogens with zero attached hydrogens (tertiary/aromatic N) is 2. The van der Waals surface area contributed by atoms with Crippen molar-refractivity contribution < 1.29 is 14.4 Å². The molecule has 28 heavy (non-hydrogen) atoms. The van der Waals surface area contributed by atoms with Crippen molar-refractivity contribution in [1.29, 1.82) is 0 Å². The summed E-state index contributed by atoms with van der Waals surface area (Å²) in [6.45, 7) is 1.47. The van der Waals surface area contributed by atoms with Crippen LogP contribution in [0.25, 0.3) is 0 Å². The molecule has 2 saturated carbocycles. The van der Waals surface area contributed by atoms with Crippen molar-refractivity contribution in [2.75, 3.05) is 13.1 Å². The molecule has 148 valence electrons. The van der Waals surface area contributed by atoms with Gasteiger partial charge in [0.25, 0.3) is 0 Å². The van der Waals surface area contributed by atoms with Crippen LogP contribution in [0.5, 0.6) is 0 Å². The average molecular weight is 380 g/mol. The molecule has 0 unspecified atom stereocenters. The van der Waals surface area contributed by atoms with Crippen LogP contribution in [0.2, 0.25) is 0 Å². The van der Waals surface area contributed by atoms with E-state index in [9.17, 15) is 14.4 Å². The lowest BCUT2D eigenvalue weighted by Crippen LogP contribution is -2.53. The average Bonchev–Trinajstić information content (AvgIpc) is 3.41. The number of imide groups is 1. The third-order valence-electron chi connectivity index (χ3n) is 7.50. The first-order valence-corrected chi connectivity index (χ1v) is 10.8. The summed E-state index contributed by atoms with van der Waals surface area (Å²) in [5.74, 6) is 0.162. The fraction of sp³-hybridized carbons (Fsp3) is 0.609. The normalized spacial score (nSPS) is 32.7. The number of carbonyl (C=O) groups is 3. The molecule has 5 atom stereocenters. The number of fused-ring (bicyclic) bond motifs is 5. The minimum absolute atomic E-state index is 0.0439. The summed E-state index contributed by atoms with van der Waals surface area (Å²) >= 11 is 0. The molecule has 3 amide bonds. The lowest BCUT2D eigenvalue weighted by Gasteiger charge is -2.34. The van der Waals surface area contributed by atoms with Crippen molar-refractivity contribution in [2.24, 2.45) is 23.7 Å². The Morgan fingerprint density at radius 3 is 2.14 bits per heavy atom. The van der Waals surface area contributed by atoms with Gasteiger partial charge in [0.05, 0.1) is 11.8 Å². The van der Waals surface area contributed by atoms with Crippen LogP contribution >= 0.6 is 0 Å². The van der Waals surface area contributed by atoms with E-state index in [0.29, 0.717) is 18.3 Å². The van der Waals surface area contributed by atoms with Crippen LogP contribution in [0.3, 0.4) is 0 Å². The molecule has 1 aromatic carbocycles. The number of hydrogen-bond acceptors (Lipinski definition) is 3. The lowest BCUT2D eigenvalue weighted by atomic mass is 9.81. The molecule has 0 spiro atoms. The molecule has 0 N–H and O–H groups in total. The van der Waals surface area contributed by atoms with Gasteiger partial charge in [-0.3, -0.25) is 19.3 Å². The summed E-state index contributed by atoms with van der Waals surface area (Å²) in [5, 5.41) is 0. The van der Waals surface area contributed by atoms with E-state index in [1.807, 2.05) is 35.2 Å². The Kier molecular flexibility index (Phi) is 4.48. The van der Waals surface area contributed by atoms with Gasteiger partial charge < -0.3 is 4.90 Å². The maximum absolute atomic E-state index is 13.5. The maximum atomic E-state index is 13.5. The molecule has 2 saturated heterocycles. The van der Waals surface area contributed by atoms with Gasteiger partial charge in [-0.25, -0.2) is 0 Å². The molecule has 5 rings (SSSR count). The number of benzene rings is 1. The van der Waals surface area contributed by atoms with Gasteiger partial charge in [0.15, 0.2) is 0 Å². The predicted octanol–water partition coefficient (Wildman–Crippen LogP) is 2.64. The van der Waals surface area contributed by atoms with E-state index < -0.39 is 6.04 Å². The zero-order chi connectivity index (χ0) is 19.3. The number of carbonyl (C=O) groups excluding carboxylic acids is 3. The summed E-state index contributed by atoms with van der Waals surface area (Å²) in [7, 11) is 0. The van der Waals surface area contributed by atoms with Crippen molar-refractivity contribution in [3.8, 4) is 0 Å². The Morgan fingerprint density at radius 1 is 0.929 bits per heavy atom. The van der Waals surface area contributed by atoms with E-state index in [0.717, 1.165) is 57.2 Å². The number of likely N-dealkylation sites (tertiary alicyclic amines) is 2. The molecule has 2 heterocycles. The lowest BCUT2D eigenvalue weighted by molar-refractivity contribution is -0.152. The minimum Gasteiger partial charge on any atom is -0.341 e. The van der Waals surface area contributed by atoms with Crippen molar-refractivity contribution in [1.82, 2.24) is 9.80 Å². The topological polar surface area (TPSA) is 57.7 Å². The van der Waals surface area contributed by atoms with Gasteiger partial charge in [0, 0.05) is 19.5 Å². The van der Waals surface area contributed by atoms with E-state index in [4.69, 9.17) is 0 Å². The van der Waals surface area contributed by atoms with Gasteiger partial charge in [0.1, 0.15) is 6.04 Å². The smallest absolute Gasteiger partial charge is 0.246 e. The Labute approximate surface area is 166 Å². The van der Waals surface area contributed by atoms with Gasteiger partial charge in [-0.15, -0.1) is 0 Å². The van der Waals surface area contributed by atoms with Gasteiger partial charge in [-0.2, -0.15) is 0 Å². The van der Waals surface area contributed by atoms with Crippen molar-refractivity contribution in [2.45, 2.75) is 51.0 Å². The van der Waals surface area contributed by atoms with E-state index in [2.05, 4.69) is 0 Å². The van der Waals surface area contributed by atoms with Gasteiger partial charge in [-0.05, 0) is 55.9 Å². The van der Waals surface area contributed by atoms with Gasteiger partial charge in [-0.1, -0.05) is 30.3 Å². The van der Waals surface area contributed by atoms with Crippen LogP contribution in [-0.2, 0) is 20.8 Å². The zero-order valence-corrected chi connectivity index (χ0v) is 16.3. The predicted molar refractivity (Wildman–Crippen MR) is 104 cm³/mol. The van der Waals surface area contributed by atoms with Crippen molar-refractivity contribution in [3.05, 3.63) is 35.9 Å². The fourth-order valence-electron chi connectivity index (χ4n) is 6.19. The molecule has 5 nitrogen and oxygen atoms in total. The largest absolute Gasteiger partial charge is 0.341 e. The molecule has 4 fully saturated rings. The molecule has 5 heteroatoms. The summed E-state index contributed by atoms with van der Waals surface area (Å²) < 4.78 is 0. The third-order valence-corrected chi connectivity index (χ3v) is 7.50. The quantitative estimate of drug-likeness (QED) is 0.755. The second-order valence-electron chi connectivity index (χ2n) is 9.02. The number of rotatable bonds is 4. The minimum atomic E-state index is -0.689. The van der Waals surface area contributed by atoms with Crippen LogP contribution in [0.4, 0.5) is 0 Å². The Morgan fingerprint density at radius 2 is 1.54 bits per heavy atom. The standard InChI is InChI=1S/C23H28N2O3/c26-21(24-11-5-2-6-12-24)18(13-15-7-3-1-4-8-15)25-22(27)19-16-9-10-17(14-16)20(19)23(25)28/h1,3-4,7-8,16-20H,2,5-6,9-14H2/t16-,17+,18-,19-,20+/m1/s1. The Bertz CT molecular complexity index is 758. The zero-order valence-electron chi connectivity index (χ0n) is 16.3. The number of hydrogen-bond donors (Lipinski definition) is 0. The molecule has 4 aliphatic rings. The van der Waals surface area contributed by atoms with E-state index in [1.54, 1.807) is 0 Å². The molecular weight excluding hydrogens is 352 g/mol. The van der Waals surface area contributed by atoms with E-state index >= 15 is 0 Å². The molecule has 2 aliphatic carbocycles. The SMILES string of the molecule is O=C([C@@H](Cc1ccccc1)N1C(=O)[C@@H]2[C@@H]3CC[C@@H](C3)[C@@H]2C1=O)N1CCCCC1. The molecule has 0 aromatic heterocycles. The van der Waals surface area contributed by atoms with Crippen LogP contribution in [-0.4, -0.2) is 46.7 Å². The van der Waals surface area contributed by atoms with Gasteiger partial charge in [0.2, 0.25) is 17.7 Å². The first-order valence-electron chi connectivity index (χ1n) is 10.8. The molecular formula is C23H28N2O3. The highest BCUT2D eigenvalue weighted by molar-refractivity contribution is 6.09.